The first kappa shape index (κ1) is 18.9. The highest BCUT2D eigenvalue weighted by molar-refractivity contribution is 7.71. The van der Waals surface area contributed by atoms with Crippen molar-refractivity contribution in [3.05, 3.63) is 79.3 Å². The number of aromatic amines is 1. The molecule has 138 valence electrons. The molecule has 0 bridgehead atoms. The fourth-order valence-electron chi connectivity index (χ4n) is 2.37. The van der Waals surface area contributed by atoms with Gasteiger partial charge in [0.2, 0.25) is 5.88 Å². The van der Waals surface area contributed by atoms with Crippen LogP contribution in [0.3, 0.4) is 0 Å². The van der Waals surface area contributed by atoms with E-state index < -0.39 is 17.3 Å². The molecule has 0 aliphatic carbocycles. The molecule has 2 N–H and O–H groups in total. The lowest BCUT2D eigenvalue weighted by Crippen LogP contribution is -2.18. The molecular formula is C18H12ClF2N3O2S. The van der Waals surface area contributed by atoms with E-state index >= 15 is 0 Å². The zero-order valence-electron chi connectivity index (χ0n) is 13.8. The van der Waals surface area contributed by atoms with Crippen LogP contribution in [0.5, 0.6) is 5.88 Å². The van der Waals surface area contributed by atoms with E-state index in [0.717, 1.165) is 16.8 Å². The van der Waals surface area contributed by atoms with Crippen LogP contribution in [0.25, 0.3) is 5.69 Å². The highest BCUT2D eigenvalue weighted by Crippen LogP contribution is 2.24. The molecule has 0 amide bonds. The van der Waals surface area contributed by atoms with Gasteiger partial charge in [-0.05, 0) is 61.1 Å². The summed E-state index contributed by atoms with van der Waals surface area (Å²) in [6.07, 6.45) is 1.14. The SMILES string of the molecule is Cc1cc(N=Cc2c(O)n(-c3ccc(F)c(Cl)c3)c(=S)[nH]c2=O)ccc1F. The average Bonchev–Trinajstić information content (AvgIpc) is 2.60. The summed E-state index contributed by atoms with van der Waals surface area (Å²) in [5.41, 5.74) is 0.203. The Bertz CT molecular complexity index is 1190. The summed E-state index contributed by atoms with van der Waals surface area (Å²) >= 11 is 10.9. The van der Waals surface area contributed by atoms with Gasteiger partial charge < -0.3 is 5.11 Å². The number of aromatic hydroxyl groups is 1. The smallest absolute Gasteiger partial charge is 0.264 e. The Morgan fingerprint density at radius 2 is 1.93 bits per heavy atom. The maximum atomic E-state index is 13.4. The summed E-state index contributed by atoms with van der Waals surface area (Å²) in [5, 5.41) is 10.4. The molecule has 0 fully saturated rings. The Balaban J connectivity index is 2.12. The van der Waals surface area contributed by atoms with Crippen molar-refractivity contribution in [2.45, 2.75) is 6.92 Å². The predicted octanol–water partition coefficient (Wildman–Crippen LogP) is 4.59. The number of H-pyrrole nitrogens is 1. The van der Waals surface area contributed by atoms with E-state index in [1.54, 1.807) is 6.92 Å². The lowest BCUT2D eigenvalue weighted by Gasteiger charge is -2.11. The standard InChI is InChI=1S/C18H12ClF2N3O2S/c1-9-6-10(2-4-14(9)20)22-8-12-16(25)23-18(27)24(17(12)26)11-3-5-15(21)13(19)7-11/h2-8,26H,1H3,(H,23,25,27). The molecular weight excluding hydrogens is 396 g/mol. The molecule has 0 radical (unpaired) electrons. The summed E-state index contributed by atoms with van der Waals surface area (Å²) in [5.74, 6) is -1.51. The van der Waals surface area contributed by atoms with Crippen LogP contribution in [0.1, 0.15) is 11.1 Å². The van der Waals surface area contributed by atoms with Crippen molar-refractivity contribution in [2.75, 3.05) is 0 Å². The fraction of sp³-hybridized carbons (Fsp3) is 0.0556. The van der Waals surface area contributed by atoms with Gasteiger partial charge in [0.1, 0.15) is 17.2 Å². The van der Waals surface area contributed by atoms with E-state index in [9.17, 15) is 18.7 Å². The average molecular weight is 408 g/mol. The molecule has 5 nitrogen and oxygen atoms in total. The Kier molecular flexibility index (Phi) is 5.20. The number of aliphatic imine (C=N–C) groups is 1. The second-order valence-corrected chi connectivity index (χ2v) is 6.42. The minimum Gasteiger partial charge on any atom is -0.494 e. The Morgan fingerprint density at radius 3 is 2.59 bits per heavy atom. The number of halogens is 3. The molecule has 2 aromatic carbocycles. The van der Waals surface area contributed by atoms with Gasteiger partial charge in [0.25, 0.3) is 5.56 Å². The van der Waals surface area contributed by atoms with Gasteiger partial charge in [-0.2, -0.15) is 0 Å². The van der Waals surface area contributed by atoms with Crippen molar-refractivity contribution in [2.24, 2.45) is 4.99 Å². The van der Waals surface area contributed by atoms with E-state index in [4.69, 9.17) is 23.8 Å². The number of nitrogens with zero attached hydrogens (tertiary/aromatic N) is 2. The molecule has 9 heteroatoms. The zero-order chi connectivity index (χ0) is 19.7. The van der Waals surface area contributed by atoms with Crippen molar-refractivity contribution in [3.63, 3.8) is 0 Å². The van der Waals surface area contributed by atoms with Crippen LogP contribution >= 0.6 is 23.8 Å². The van der Waals surface area contributed by atoms with E-state index in [1.807, 2.05) is 0 Å². The number of hydrogen-bond donors (Lipinski definition) is 2. The highest BCUT2D eigenvalue weighted by atomic mass is 35.5. The van der Waals surface area contributed by atoms with Crippen LogP contribution in [-0.2, 0) is 0 Å². The van der Waals surface area contributed by atoms with Gasteiger partial charge in [-0.1, -0.05) is 11.6 Å². The number of rotatable bonds is 3. The van der Waals surface area contributed by atoms with Gasteiger partial charge in [-0.3, -0.25) is 19.3 Å². The molecule has 0 spiro atoms. The number of hydrogen-bond acceptors (Lipinski definition) is 4. The Hall–Kier alpha value is -2.84. The molecule has 3 rings (SSSR count). The minimum atomic E-state index is -0.662. The zero-order valence-corrected chi connectivity index (χ0v) is 15.4. The lowest BCUT2D eigenvalue weighted by atomic mass is 10.2. The summed E-state index contributed by atoms with van der Waals surface area (Å²) < 4.78 is 27.8. The Morgan fingerprint density at radius 1 is 1.22 bits per heavy atom. The maximum Gasteiger partial charge on any atom is 0.264 e. The molecule has 0 saturated carbocycles. The largest absolute Gasteiger partial charge is 0.494 e. The summed E-state index contributed by atoms with van der Waals surface area (Å²) in [4.78, 5) is 18.7. The van der Waals surface area contributed by atoms with Crippen LogP contribution in [0.4, 0.5) is 14.5 Å². The van der Waals surface area contributed by atoms with Crippen LogP contribution in [0.2, 0.25) is 5.02 Å². The van der Waals surface area contributed by atoms with Gasteiger partial charge in [0.15, 0.2) is 4.77 Å². The first-order valence-corrected chi connectivity index (χ1v) is 8.40. The first-order valence-electron chi connectivity index (χ1n) is 7.62. The van der Waals surface area contributed by atoms with Crippen molar-refractivity contribution < 1.29 is 13.9 Å². The first-order chi connectivity index (χ1) is 12.8. The monoisotopic (exact) mass is 407 g/mol. The van der Waals surface area contributed by atoms with Crippen LogP contribution < -0.4 is 5.56 Å². The normalized spacial score (nSPS) is 11.3. The molecule has 0 atom stereocenters. The molecule has 0 saturated heterocycles. The van der Waals surface area contributed by atoms with Crippen molar-refractivity contribution >= 4 is 35.7 Å². The van der Waals surface area contributed by atoms with Gasteiger partial charge in [0.05, 0.1) is 16.4 Å². The molecule has 0 aliphatic heterocycles. The van der Waals surface area contributed by atoms with Gasteiger partial charge >= 0.3 is 0 Å². The molecule has 1 heterocycles. The number of benzene rings is 2. The van der Waals surface area contributed by atoms with Crippen molar-refractivity contribution in [1.82, 2.24) is 9.55 Å². The molecule has 0 aliphatic rings. The number of aryl methyl sites for hydroxylation is 1. The second-order valence-electron chi connectivity index (χ2n) is 5.62. The molecule has 1 aromatic heterocycles. The second kappa shape index (κ2) is 7.42. The van der Waals surface area contributed by atoms with E-state index in [-0.39, 0.29) is 26.9 Å². The van der Waals surface area contributed by atoms with E-state index in [2.05, 4.69) is 9.98 Å². The van der Waals surface area contributed by atoms with Gasteiger partial charge in [-0.25, -0.2) is 8.78 Å². The van der Waals surface area contributed by atoms with E-state index in [0.29, 0.717) is 11.3 Å². The topological polar surface area (TPSA) is 70.4 Å². The van der Waals surface area contributed by atoms with E-state index in [1.165, 1.54) is 30.3 Å². The molecule has 0 unspecified atom stereocenters. The van der Waals surface area contributed by atoms with Crippen LogP contribution in [0.15, 0.2) is 46.2 Å². The summed E-state index contributed by atoms with van der Waals surface area (Å²) in [6, 6.07) is 7.89. The lowest BCUT2D eigenvalue weighted by molar-refractivity contribution is 0.432. The van der Waals surface area contributed by atoms with Gasteiger partial charge in [0, 0.05) is 6.21 Å². The molecule has 27 heavy (non-hydrogen) atoms. The number of nitrogens with one attached hydrogen (secondary N) is 1. The maximum absolute atomic E-state index is 13.4. The number of aromatic nitrogens is 2. The summed E-state index contributed by atoms with van der Waals surface area (Å²) in [7, 11) is 0. The predicted molar refractivity (Wildman–Crippen MR) is 102 cm³/mol. The van der Waals surface area contributed by atoms with Crippen LogP contribution in [0, 0.1) is 23.3 Å². The van der Waals surface area contributed by atoms with Gasteiger partial charge in [-0.15, -0.1) is 0 Å². The third kappa shape index (κ3) is 3.81. The quantitative estimate of drug-likeness (QED) is 0.492. The van der Waals surface area contributed by atoms with Crippen molar-refractivity contribution in [3.8, 4) is 11.6 Å². The highest BCUT2D eigenvalue weighted by Gasteiger charge is 2.14. The van der Waals surface area contributed by atoms with Crippen LogP contribution in [-0.4, -0.2) is 20.9 Å². The third-order valence-electron chi connectivity index (χ3n) is 3.77. The third-order valence-corrected chi connectivity index (χ3v) is 4.34. The minimum absolute atomic E-state index is 0.102. The summed E-state index contributed by atoms with van der Waals surface area (Å²) in [6.45, 7) is 1.58. The Labute approximate surface area is 162 Å². The van der Waals surface area contributed by atoms with Crippen molar-refractivity contribution in [1.29, 1.82) is 0 Å². The molecule has 3 aromatic rings. The fourth-order valence-corrected chi connectivity index (χ4v) is 2.83.